The third-order valence-electron chi connectivity index (χ3n) is 5.08. The molecule has 13 heteroatoms. The van der Waals surface area contributed by atoms with Crippen molar-refractivity contribution in [1.82, 2.24) is 10.5 Å². The monoisotopic (exact) mass is 510 g/mol. The summed E-state index contributed by atoms with van der Waals surface area (Å²) in [6.45, 7) is 2.42. The topological polar surface area (TPSA) is 128 Å². The fraction of sp³-hybridized carbons (Fsp3) is 0.261. The van der Waals surface area contributed by atoms with Crippen molar-refractivity contribution in [2.45, 2.75) is 6.18 Å². The SMILES string of the molecule is O=C(CF)Nc1ccc(-c2cccc(-c3cc(N4CCNCC4)no3)c2O)cc1.O=C(O)C(F)(F)F. The Bertz CT molecular complexity index is 1190. The van der Waals surface area contributed by atoms with Crippen LogP contribution in [0.1, 0.15) is 0 Å². The first-order chi connectivity index (χ1) is 17.1. The molecule has 2 heterocycles. The summed E-state index contributed by atoms with van der Waals surface area (Å²) in [6.07, 6.45) is -5.08. The van der Waals surface area contributed by atoms with Crippen LogP contribution in [0, 0.1) is 0 Å². The minimum absolute atomic E-state index is 0.0797. The quantitative estimate of drug-likeness (QED) is 0.383. The minimum atomic E-state index is -5.08. The molecule has 0 saturated carbocycles. The number of aromatic nitrogens is 1. The van der Waals surface area contributed by atoms with Crippen LogP contribution in [0.4, 0.5) is 29.1 Å². The Kier molecular flexibility index (Phi) is 8.48. The fourth-order valence-electron chi connectivity index (χ4n) is 3.34. The van der Waals surface area contributed by atoms with Crippen LogP contribution < -0.4 is 15.5 Å². The summed E-state index contributed by atoms with van der Waals surface area (Å²) in [7, 11) is 0. The van der Waals surface area contributed by atoms with E-state index in [9.17, 15) is 27.5 Å². The van der Waals surface area contributed by atoms with Crippen molar-refractivity contribution in [2.24, 2.45) is 0 Å². The molecule has 1 saturated heterocycles. The Hall–Kier alpha value is -4.13. The number of aliphatic carboxylic acids is 1. The number of nitrogens with one attached hydrogen (secondary N) is 2. The Morgan fingerprint density at radius 2 is 1.69 bits per heavy atom. The van der Waals surface area contributed by atoms with Crippen LogP contribution >= 0.6 is 0 Å². The number of piperazine rings is 1. The van der Waals surface area contributed by atoms with E-state index in [0.29, 0.717) is 22.6 Å². The number of hydrogen-bond donors (Lipinski definition) is 4. The maximum Gasteiger partial charge on any atom is 0.490 e. The first-order valence-electron chi connectivity index (χ1n) is 10.6. The molecule has 3 aromatic rings. The minimum Gasteiger partial charge on any atom is -0.507 e. The highest BCUT2D eigenvalue weighted by Gasteiger charge is 2.38. The van der Waals surface area contributed by atoms with E-state index in [1.54, 1.807) is 36.4 Å². The molecule has 4 rings (SSSR count). The lowest BCUT2D eigenvalue weighted by Crippen LogP contribution is -2.43. The van der Waals surface area contributed by atoms with Crippen molar-refractivity contribution in [3.63, 3.8) is 0 Å². The highest BCUT2D eigenvalue weighted by atomic mass is 19.4. The highest BCUT2D eigenvalue weighted by Crippen LogP contribution is 2.39. The molecule has 9 nitrogen and oxygen atoms in total. The van der Waals surface area contributed by atoms with Gasteiger partial charge in [-0.25, -0.2) is 9.18 Å². The van der Waals surface area contributed by atoms with E-state index in [4.69, 9.17) is 14.4 Å². The Balaban J connectivity index is 0.000000454. The Morgan fingerprint density at radius 3 is 2.28 bits per heavy atom. The van der Waals surface area contributed by atoms with Crippen LogP contribution in [0.5, 0.6) is 5.75 Å². The molecular formula is C23H22F4N4O5. The number of amides is 1. The van der Waals surface area contributed by atoms with Crippen molar-refractivity contribution in [3.8, 4) is 28.2 Å². The van der Waals surface area contributed by atoms with Gasteiger partial charge in [0, 0.05) is 43.5 Å². The lowest BCUT2D eigenvalue weighted by atomic mass is 10.00. The van der Waals surface area contributed by atoms with Gasteiger partial charge in [-0.2, -0.15) is 13.2 Å². The summed E-state index contributed by atoms with van der Waals surface area (Å²) in [5.41, 5.74) is 2.41. The number of hydrogen-bond acceptors (Lipinski definition) is 7. The number of carboxylic acids is 1. The van der Waals surface area contributed by atoms with Gasteiger partial charge in [0.1, 0.15) is 5.75 Å². The van der Waals surface area contributed by atoms with Gasteiger partial charge < -0.3 is 30.3 Å². The Morgan fingerprint density at radius 1 is 1.08 bits per heavy atom. The summed E-state index contributed by atoms with van der Waals surface area (Å²) >= 11 is 0. The number of carboxylic acid groups (broad SMARTS) is 1. The number of carbonyl (C=O) groups excluding carboxylic acids is 1. The molecule has 1 aliphatic heterocycles. The average molecular weight is 510 g/mol. The van der Waals surface area contributed by atoms with Gasteiger partial charge in [0.05, 0.1) is 5.56 Å². The van der Waals surface area contributed by atoms with Gasteiger partial charge in [-0.05, 0) is 23.8 Å². The van der Waals surface area contributed by atoms with Crippen molar-refractivity contribution >= 4 is 23.4 Å². The summed E-state index contributed by atoms with van der Waals surface area (Å²) in [5.74, 6) is -2.14. The largest absolute Gasteiger partial charge is 0.507 e. The number of phenolic OH excluding ortho intramolecular Hbond substituents is 1. The van der Waals surface area contributed by atoms with E-state index in [-0.39, 0.29) is 5.75 Å². The number of halogens is 4. The second-order valence-corrected chi connectivity index (χ2v) is 7.55. The zero-order valence-corrected chi connectivity index (χ0v) is 18.7. The summed E-state index contributed by atoms with van der Waals surface area (Å²) in [4.78, 5) is 22.2. The van der Waals surface area contributed by atoms with E-state index in [1.807, 2.05) is 12.1 Å². The number of anilines is 2. The zero-order chi connectivity index (χ0) is 26.3. The first kappa shape index (κ1) is 26.5. The van der Waals surface area contributed by atoms with E-state index in [0.717, 1.165) is 37.6 Å². The third-order valence-corrected chi connectivity index (χ3v) is 5.08. The summed E-state index contributed by atoms with van der Waals surface area (Å²) in [5, 5.41) is 27.9. The lowest BCUT2D eigenvalue weighted by Gasteiger charge is -2.26. The van der Waals surface area contributed by atoms with Gasteiger partial charge in [-0.3, -0.25) is 4.79 Å². The molecule has 36 heavy (non-hydrogen) atoms. The standard InChI is InChI=1S/C21H21FN4O3.C2HF3O2/c22-13-20(27)24-15-6-4-14(5-7-15)16-2-1-3-17(21(16)28)18-12-19(25-29-18)26-10-8-23-9-11-26;3-2(4,5)1(6)7/h1-7,12,23,28H,8-11,13H2,(H,24,27);(H,6,7). The van der Waals surface area contributed by atoms with Crippen LogP contribution in [-0.4, -0.2) is 66.3 Å². The lowest BCUT2D eigenvalue weighted by molar-refractivity contribution is -0.192. The van der Waals surface area contributed by atoms with Gasteiger partial charge in [-0.1, -0.05) is 29.4 Å². The van der Waals surface area contributed by atoms with Crippen LogP contribution in [0.3, 0.4) is 0 Å². The second-order valence-electron chi connectivity index (χ2n) is 7.55. The molecule has 1 fully saturated rings. The van der Waals surface area contributed by atoms with Crippen LogP contribution in [0.15, 0.2) is 53.1 Å². The highest BCUT2D eigenvalue weighted by molar-refractivity contribution is 5.92. The van der Waals surface area contributed by atoms with Gasteiger partial charge in [-0.15, -0.1) is 0 Å². The van der Waals surface area contributed by atoms with Gasteiger partial charge >= 0.3 is 12.1 Å². The van der Waals surface area contributed by atoms with Crippen molar-refractivity contribution in [2.75, 3.05) is 43.1 Å². The molecule has 0 radical (unpaired) electrons. The molecule has 192 valence electrons. The second kappa shape index (κ2) is 11.5. The molecule has 0 aliphatic carbocycles. The van der Waals surface area contributed by atoms with Gasteiger partial charge in [0.2, 0.25) is 0 Å². The van der Waals surface area contributed by atoms with Crippen LogP contribution in [0.2, 0.25) is 0 Å². The normalized spacial score (nSPS) is 13.5. The zero-order valence-electron chi connectivity index (χ0n) is 18.7. The predicted molar refractivity (Wildman–Crippen MR) is 122 cm³/mol. The first-order valence-corrected chi connectivity index (χ1v) is 10.6. The average Bonchev–Trinajstić information content (AvgIpc) is 3.35. The Labute approximate surface area is 202 Å². The third kappa shape index (κ3) is 6.72. The number of carbonyl (C=O) groups is 2. The van der Waals surface area contributed by atoms with Crippen molar-refractivity contribution in [1.29, 1.82) is 0 Å². The molecule has 1 aromatic heterocycles. The maximum absolute atomic E-state index is 12.3. The van der Waals surface area contributed by atoms with E-state index in [1.165, 1.54) is 0 Å². The molecular weight excluding hydrogens is 488 g/mol. The van der Waals surface area contributed by atoms with E-state index < -0.39 is 24.7 Å². The molecule has 0 unspecified atom stereocenters. The van der Waals surface area contributed by atoms with Gasteiger partial charge in [0.15, 0.2) is 18.3 Å². The van der Waals surface area contributed by atoms with Crippen molar-refractivity contribution < 1.29 is 41.9 Å². The summed E-state index contributed by atoms with van der Waals surface area (Å²) in [6, 6.07) is 14.0. The number of phenols is 1. The number of alkyl halides is 4. The van der Waals surface area contributed by atoms with E-state index in [2.05, 4.69) is 20.7 Å². The molecule has 2 aromatic carbocycles. The predicted octanol–water partition coefficient (Wildman–Crippen LogP) is 3.67. The number of aromatic hydroxyl groups is 1. The maximum atomic E-state index is 12.3. The van der Waals surface area contributed by atoms with Crippen LogP contribution in [0.25, 0.3) is 22.5 Å². The van der Waals surface area contributed by atoms with E-state index >= 15 is 0 Å². The number of rotatable bonds is 5. The molecule has 0 bridgehead atoms. The molecule has 0 atom stereocenters. The fourth-order valence-corrected chi connectivity index (χ4v) is 3.34. The number of para-hydroxylation sites is 1. The molecule has 0 spiro atoms. The van der Waals surface area contributed by atoms with Crippen molar-refractivity contribution in [3.05, 3.63) is 48.5 Å². The summed E-state index contributed by atoms with van der Waals surface area (Å²) < 4.78 is 49.6. The van der Waals surface area contributed by atoms with Crippen LogP contribution in [-0.2, 0) is 9.59 Å². The molecule has 1 amide bonds. The van der Waals surface area contributed by atoms with Gasteiger partial charge in [0.25, 0.3) is 5.91 Å². The number of nitrogens with zero attached hydrogens (tertiary/aromatic N) is 2. The number of benzene rings is 2. The molecule has 1 aliphatic rings. The smallest absolute Gasteiger partial charge is 0.490 e. The molecule has 4 N–H and O–H groups in total.